The number of rotatable bonds is 1. The van der Waals surface area contributed by atoms with Gasteiger partial charge in [-0.25, -0.2) is 4.39 Å². The lowest BCUT2D eigenvalue weighted by Crippen LogP contribution is -2.42. The Balaban J connectivity index is 2.16. The van der Waals surface area contributed by atoms with Gasteiger partial charge in [-0.05, 0) is 37.1 Å². The lowest BCUT2D eigenvalue weighted by molar-refractivity contribution is 0.358. The van der Waals surface area contributed by atoms with E-state index in [-0.39, 0.29) is 17.9 Å². The summed E-state index contributed by atoms with van der Waals surface area (Å²) in [6, 6.07) is 6.91. The Morgan fingerprint density at radius 3 is 2.64 bits per heavy atom. The molecule has 1 aliphatic heterocycles. The van der Waals surface area contributed by atoms with Crippen LogP contribution >= 0.6 is 0 Å². The van der Waals surface area contributed by atoms with Crippen molar-refractivity contribution in [2.45, 2.75) is 24.9 Å². The fraction of sp³-hybridized carbons (Fsp3) is 0.455. The first-order valence-corrected chi connectivity index (χ1v) is 5.02. The second-order valence-electron chi connectivity index (χ2n) is 3.79. The van der Waals surface area contributed by atoms with Gasteiger partial charge in [-0.2, -0.15) is 0 Å². The van der Waals surface area contributed by atoms with Crippen molar-refractivity contribution in [3.63, 3.8) is 0 Å². The van der Waals surface area contributed by atoms with Gasteiger partial charge < -0.3 is 11.1 Å². The summed E-state index contributed by atoms with van der Waals surface area (Å²) in [6.07, 6.45) is 2.16. The number of benzene rings is 1. The van der Waals surface area contributed by atoms with Crippen molar-refractivity contribution in [2.75, 3.05) is 6.54 Å². The van der Waals surface area contributed by atoms with E-state index in [0.29, 0.717) is 0 Å². The Bertz CT molecular complexity index is 297. The molecule has 2 rings (SSSR count). The van der Waals surface area contributed by atoms with Crippen LogP contribution in [0, 0.1) is 5.82 Å². The monoisotopic (exact) mass is 194 g/mol. The van der Waals surface area contributed by atoms with Gasteiger partial charge >= 0.3 is 0 Å². The van der Waals surface area contributed by atoms with E-state index in [0.717, 1.165) is 24.9 Å². The number of nitrogens with two attached hydrogens (primary N) is 1. The zero-order valence-corrected chi connectivity index (χ0v) is 8.04. The van der Waals surface area contributed by atoms with Crippen LogP contribution < -0.4 is 11.1 Å². The summed E-state index contributed by atoms with van der Waals surface area (Å²) in [4.78, 5) is 0. The minimum atomic E-state index is -0.196. The molecule has 3 heteroatoms. The van der Waals surface area contributed by atoms with Crippen LogP contribution in [0.5, 0.6) is 0 Å². The third-order valence-corrected chi connectivity index (χ3v) is 2.74. The normalized spacial score (nSPS) is 27.6. The molecular formula is C11H15FN2. The molecule has 1 aromatic rings. The number of nitrogens with one attached hydrogen (secondary N) is 1. The quantitative estimate of drug-likeness (QED) is 0.712. The van der Waals surface area contributed by atoms with Gasteiger partial charge in [0.05, 0.1) is 0 Å². The highest BCUT2D eigenvalue weighted by atomic mass is 19.1. The summed E-state index contributed by atoms with van der Waals surface area (Å²) in [6.45, 7) is 0.996. The predicted molar refractivity (Wildman–Crippen MR) is 54.4 cm³/mol. The van der Waals surface area contributed by atoms with Crippen molar-refractivity contribution in [3.05, 3.63) is 35.6 Å². The van der Waals surface area contributed by atoms with Crippen molar-refractivity contribution in [1.29, 1.82) is 0 Å². The summed E-state index contributed by atoms with van der Waals surface area (Å²) < 4.78 is 12.7. The maximum atomic E-state index is 12.7. The lowest BCUT2D eigenvalue weighted by atomic mass is 9.93. The fourth-order valence-corrected chi connectivity index (χ4v) is 1.95. The molecule has 1 heterocycles. The van der Waals surface area contributed by atoms with Crippen LogP contribution in [-0.4, -0.2) is 12.6 Å². The van der Waals surface area contributed by atoms with Gasteiger partial charge in [0.2, 0.25) is 0 Å². The minimum Gasteiger partial charge on any atom is -0.326 e. The molecule has 0 unspecified atom stereocenters. The molecular weight excluding hydrogens is 179 g/mol. The topological polar surface area (TPSA) is 38.0 Å². The van der Waals surface area contributed by atoms with Gasteiger partial charge in [0, 0.05) is 12.1 Å². The summed E-state index contributed by atoms with van der Waals surface area (Å²) in [5.41, 5.74) is 7.07. The maximum Gasteiger partial charge on any atom is 0.123 e. The van der Waals surface area contributed by atoms with Crippen LogP contribution in [0.3, 0.4) is 0 Å². The molecule has 1 fully saturated rings. The Hall–Kier alpha value is -0.930. The van der Waals surface area contributed by atoms with Gasteiger partial charge in [-0.1, -0.05) is 12.1 Å². The van der Waals surface area contributed by atoms with Crippen LogP contribution in [0.1, 0.15) is 24.4 Å². The maximum absolute atomic E-state index is 12.7. The van der Waals surface area contributed by atoms with Gasteiger partial charge in [-0.15, -0.1) is 0 Å². The second-order valence-corrected chi connectivity index (χ2v) is 3.79. The molecule has 0 aliphatic carbocycles. The van der Waals surface area contributed by atoms with E-state index in [1.807, 2.05) is 0 Å². The van der Waals surface area contributed by atoms with E-state index in [9.17, 15) is 4.39 Å². The van der Waals surface area contributed by atoms with Crippen molar-refractivity contribution >= 4 is 0 Å². The Morgan fingerprint density at radius 1 is 1.29 bits per heavy atom. The molecule has 0 bridgehead atoms. The summed E-state index contributed by atoms with van der Waals surface area (Å²) in [5.74, 6) is -0.196. The fourth-order valence-electron chi connectivity index (χ4n) is 1.95. The second kappa shape index (κ2) is 4.07. The largest absolute Gasteiger partial charge is 0.326 e. The van der Waals surface area contributed by atoms with E-state index in [1.165, 1.54) is 12.1 Å². The van der Waals surface area contributed by atoms with Crippen molar-refractivity contribution < 1.29 is 4.39 Å². The molecule has 0 radical (unpaired) electrons. The summed E-state index contributed by atoms with van der Waals surface area (Å²) in [7, 11) is 0. The molecule has 2 atom stereocenters. The van der Waals surface area contributed by atoms with Gasteiger partial charge in [0.15, 0.2) is 0 Å². The zero-order chi connectivity index (χ0) is 9.97. The molecule has 1 aliphatic rings. The van der Waals surface area contributed by atoms with E-state index < -0.39 is 0 Å². The van der Waals surface area contributed by atoms with Crippen molar-refractivity contribution in [2.24, 2.45) is 5.73 Å². The van der Waals surface area contributed by atoms with Gasteiger partial charge in [0.1, 0.15) is 5.82 Å². The molecule has 3 N–H and O–H groups in total. The molecule has 2 nitrogen and oxygen atoms in total. The molecule has 0 spiro atoms. The number of hydrogen-bond donors (Lipinski definition) is 2. The van der Waals surface area contributed by atoms with Crippen LogP contribution in [0.25, 0.3) is 0 Å². The van der Waals surface area contributed by atoms with E-state index in [4.69, 9.17) is 5.73 Å². The molecule has 14 heavy (non-hydrogen) atoms. The summed E-state index contributed by atoms with van der Waals surface area (Å²) >= 11 is 0. The molecule has 76 valence electrons. The van der Waals surface area contributed by atoms with E-state index in [2.05, 4.69) is 5.32 Å². The first kappa shape index (κ1) is 9.62. The predicted octanol–water partition coefficient (Wildman–Crippen LogP) is 1.58. The van der Waals surface area contributed by atoms with Crippen LogP contribution in [0.2, 0.25) is 0 Å². The first-order chi connectivity index (χ1) is 6.77. The van der Waals surface area contributed by atoms with E-state index in [1.54, 1.807) is 12.1 Å². The zero-order valence-electron chi connectivity index (χ0n) is 8.04. The third kappa shape index (κ3) is 1.94. The van der Waals surface area contributed by atoms with Crippen molar-refractivity contribution in [1.82, 2.24) is 5.32 Å². The average Bonchev–Trinajstić information content (AvgIpc) is 2.20. The number of hydrogen-bond acceptors (Lipinski definition) is 2. The van der Waals surface area contributed by atoms with Crippen molar-refractivity contribution in [3.8, 4) is 0 Å². The lowest BCUT2D eigenvalue weighted by Gasteiger charge is -2.30. The van der Waals surface area contributed by atoms with Crippen LogP contribution in [0.4, 0.5) is 4.39 Å². The first-order valence-electron chi connectivity index (χ1n) is 5.02. The highest BCUT2D eigenvalue weighted by Crippen LogP contribution is 2.22. The molecule has 0 amide bonds. The van der Waals surface area contributed by atoms with Gasteiger partial charge in [-0.3, -0.25) is 0 Å². The Morgan fingerprint density at radius 2 is 2.00 bits per heavy atom. The number of piperidine rings is 1. The Labute approximate surface area is 83.3 Å². The SMILES string of the molecule is N[C@H]1CCCN[C@H]1c1ccc(F)cc1. The van der Waals surface area contributed by atoms with E-state index >= 15 is 0 Å². The van der Waals surface area contributed by atoms with Crippen LogP contribution in [0.15, 0.2) is 24.3 Å². The summed E-state index contributed by atoms with van der Waals surface area (Å²) in [5, 5.41) is 3.36. The molecule has 1 aromatic carbocycles. The van der Waals surface area contributed by atoms with Crippen LogP contribution in [-0.2, 0) is 0 Å². The smallest absolute Gasteiger partial charge is 0.123 e. The van der Waals surface area contributed by atoms with Gasteiger partial charge in [0.25, 0.3) is 0 Å². The molecule has 0 aromatic heterocycles. The minimum absolute atomic E-state index is 0.147. The molecule has 0 saturated carbocycles. The standard InChI is InChI=1S/C11H15FN2/c12-9-5-3-8(4-6-9)11-10(13)2-1-7-14-11/h3-6,10-11,14H,1-2,7,13H2/t10-,11-/m0/s1. The Kier molecular flexibility index (Phi) is 2.79. The number of halogens is 1. The highest BCUT2D eigenvalue weighted by Gasteiger charge is 2.22. The third-order valence-electron chi connectivity index (χ3n) is 2.74. The average molecular weight is 194 g/mol. The highest BCUT2D eigenvalue weighted by molar-refractivity contribution is 5.21. The molecule has 1 saturated heterocycles.